The zero-order chi connectivity index (χ0) is 17.7. The number of aryl methyl sites for hydroxylation is 2. The third-order valence-electron chi connectivity index (χ3n) is 3.93. The van der Waals surface area contributed by atoms with Gasteiger partial charge in [-0.2, -0.15) is 5.26 Å². The van der Waals surface area contributed by atoms with E-state index in [2.05, 4.69) is 5.32 Å². The molecule has 24 heavy (non-hydrogen) atoms. The van der Waals surface area contributed by atoms with Crippen LogP contribution >= 0.6 is 0 Å². The molecule has 5 heteroatoms. The van der Waals surface area contributed by atoms with Crippen molar-refractivity contribution in [2.45, 2.75) is 26.3 Å². The molecule has 0 unspecified atom stereocenters. The van der Waals surface area contributed by atoms with E-state index in [9.17, 15) is 14.7 Å². The minimum Gasteiger partial charge on any atom is -0.480 e. The molecule has 0 saturated heterocycles. The van der Waals surface area contributed by atoms with E-state index in [0.717, 1.165) is 16.7 Å². The van der Waals surface area contributed by atoms with Gasteiger partial charge in [-0.05, 0) is 54.8 Å². The zero-order valence-electron chi connectivity index (χ0n) is 13.5. The number of hydrogen-bond acceptors (Lipinski definition) is 3. The molecule has 0 aliphatic rings. The number of nitriles is 1. The first kappa shape index (κ1) is 17.2. The summed E-state index contributed by atoms with van der Waals surface area (Å²) >= 11 is 0. The van der Waals surface area contributed by atoms with Crippen LogP contribution in [0.5, 0.6) is 0 Å². The Morgan fingerprint density at radius 1 is 1.12 bits per heavy atom. The van der Waals surface area contributed by atoms with Crippen molar-refractivity contribution in [1.29, 1.82) is 5.26 Å². The summed E-state index contributed by atoms with van der Waals surface area (Å²) in [6.07, 6.45) is 0.218. The van der Waals surface area contributed by atoms with E-state index in [1.54, 1.807) is 0 Å². The van der Waals surface area contributed by atoms with Gasteiger partial charge < -0.3 is 10.4 Å². The lowest BCUT2D eigenvalue weighted by Gasteiger charge is -2.17. The summed E-state index contributed by atoms with van der Waals surface area (Å²) in [6.45, 7) is 3.84. The molecule has 2 aromatic carbocycles. The standard InChI is InChI=1S/C19H18N2O3/c1-12-4-3-5-13(2)16(12)10-17(19(23)24)21-18(22)15-8-6-14(11-20)7-9-15/h3-9,17H,10H2,1-2H3,(H,21,22)(H,23,24)/t17-/m0/s1. The number of carbonyl (C=O) groups excluding carboxylic acids is 1. The quantitative estimate of drug-likeness (QED) is 0.885. The van der Waals surface area contributed by atoms with Crippen LogP contribution in [-0.2, 0) is 11.2 Å². The third-order valence-corrected chi connectivity index (χ3v) is 3.93. The van der Waals surface area contributed by atoms with Gasteiger partial charge in [-0.15, -0.1) is 0 Å². The number of aliphatic carboxylic acids is 1. The second-order valence-corrected chi connectivity index (χ2v) is 5.63. The highest BCUT2D eigenvalue weighted by molar-refractivity contribution is 5.96. The van der Waals surface area contributed by atoms with Gasteiger partial charge in [-0.3, -0.25) is 4.79 Å². The van der Waals surface area contributed by atoms with Gasteiger partial charge in [0.25, 0.3) is 5.91 Å². The molecule has 122 valence electrons. The monoisotopic (exact) mass is 322 g/mol. The van der Waals surface area contributed by atoms with Crippen molar-refractivity contribution < 1.29 is 14.7 Å². The minimum atomic E-state index is -1.08. The van der Waals surface area contributed by atoms with Crippen LogP contribution in [0, 0.1) is 25.2 Å². The molecule has 1 atom stereocenters. The summed E-state index contributed by atoms with van der Waals surface area (Å²) < 4.78 is 0. The first-order valence-corrected chi connectivity index (χ1v) is 7.51. The maximum atomic E-state index is 12.3. The van der Waals surface area contributed by atoms with Gasteiger partial charge in [0.2, 0.25) is 0 Å². The van der Waals surface area contributed by atoms with Crippen molar-refractivity contribution in [3.05, 3.63) is 70.3 Å². The van der Waals surface area contributed by atoms with E-state index in [1.165, 1.54) is 24.3 Å². The first-order valence-electron chi connectivity index (χ1n) is 7.51. The van der Waals surface area contributed by atoms with Gasteiger partial charge in [0.1, 0.15) is 6.04 Å². The maximum Gasteiger partial charge on any atom is 0.326 e. The topological polar surface area (TPSA) is 90.2 Å². The van der Waals surface area contributed by atoms with Gasteiger partial charge >= 0.3 is 5.97 Å². The Balaban J connectivity index is 2.18. The van der Waals surface area contributed by atoms with Gasteiger partial charge in [-0.1, -0.05) is 18.2 Å². The molecular weight excluding hydrogens is 304 g/mol. The molecule has 0 fully saturated rings. The third kappa shape index (κ3) is 3.99. The fourth-order valence-corrected chi connectivity index (χ4v) is 2.51. The SMILES string of the molecule is Cc1cccc(C)c1C[C@H](NC(=O)c1ccc(C#N)cc1)C(=O)O. The van der Waals surface area contributed by atoms with E-state index in [-0.39, 0.29) is 6.42 Å². The van der Waals surface area contributed by atoms with E-state index in [0.29, 0.717) is 11.1 Å². The molecule has 0 radical (unpaired) electrons. The normalized spacial score (nSPS) is 11.4. The van der Waals surface area contributed by atoms with Crippen molar-refractivity contribution in [2.75, 3.05) is 0 Å². The van der Waals surface area contributed by atoms with Crippen molar-refractivity contribution in [2.24, 2.45) is 0 Å². The number of carboxylic acids is 1. The number of carboxylic acid groups (broad SMARTS) is 1. The zero-order valence-corrected chi connectivity index (χ0v) is 13.5. The Hall–Kier alpha value is -3.13. The van der Waals surface area contributed by atoms with Crippen LogP contribution in [0.3, 0.4) is 0 Å². The number of hydrogen-bond donors (Lipinski definition) is 2. The van der Waals surface area contributed by atoms with Gasteiger partial charge in [0, 0.05) is 12.0 Å². The maximum absolute atomic E-state index is 12.3. The highest BCUT2D eigenvalue weighted by Gasteiger charge is 2.22. The Labute approximate surface area is 140 Å². The molecule has 0 aromatic heterocycles. The number of carbonyl (C=O) groups is 2. The smallest absolute Gasteiger partial charge is 0.326 e. The van der Waals surface area contributed by atoms with Gasteiger partial charge in [-0.25, -0.2) is 4.79 Å². The lowest BCUT2D eigenvalue weighted by atomic mass is 9.96. The summed E-state index contributed by atoms with van der Waals surface area (Å²) in [5.41, 5.74) is 3.67. The van der Waals surface area contributed by atoms with Crippen LogP contribution in [0.25, 0.3) is 0 Å². The molecule has 0 spiro atoms. The highest BCUT2D eigenvalue weighted by atomic mass is 16.4. The van der Waals surface area contributed by atoms with Crippen molar-refractivity contribution in [3.8, 4) is 6.07 Å². The van der Waals surface area contributed by atoms with Crippen molar-refractivity contribution in [1.82, 2.24) is 5.32 Å². The van der Waals surface area contributed by atoms with Crippen LogP contribution in [0.4, 0.5) is 0 Å². The predicted octanol–water partition coefficient (Wildman–Crippen LogP) is 2.60. The molecule has 2 rings (SSSR count). The van der Waals surface area contributed by atoms with Crippen molar-refractivity contribution >= 4 is 11.9 Å². The molecule has 0 aliphatic heterocycles. The molecular formula is C19H18N2O3. The lowest BCUT2D eigenvalue weighted by Crippen LogP contribution is -2.42. The summed E-state index contributed by atoms with van der Waals surface area (Å²) in [5.74, 6) is -1.56. The average Bonchev–Trinajstić information content (AvgIpc) is 2.57. The molecule has 2 aromatic rings. The second kappa shape index (κ2) is 7.42. The highest BCUT2D eigenvalue weighted by Crippen LogP contribution is 2.16. The lowest BCUT2D eigenvalue weighted by molar-refractivity contribution is -0.139. The summed E-state index contributed by atoms with van der Waals surface area (Å²) in [6, 6.07) is 12.8. The fraction of sp³-hybridized carbons (Fsp3) is 0.211. The number of rotatable bonds is 5. The summed E-state index contributed by atoms with van der Waals surface area (Å²) in [5, 5.41) is 20.8. The van der Waals surface area contributed by atoms with Gasteiger partial charge in [0.05, 0.1) is 11.6 Å². The van der Waals surface area contributed by atoms with E-state index in [1.807, 2.05) is 38.1 Å². The Morgan fingerprint density at radius 3 is 2.21 bits per heavy atom. The van der Waals surface area contributed by atoms with Crippen LogP contribution in [-0.4, -0.2) is 23.0 Å². The average molecular weight is 322 g/mol. The molecule has 0 aliphatic carbocycles. The fourth-order valence-electron chi connectivity index (χ4n) is 2.51. The van der Waals surface area contributed by atoms with Crippen LogP contribution in [0.1, 0.15) is 32.6 Å². The molecule has 0 heterocycles. The number of nitrogens with zero attached hydrogens (tertiary/aromatic N) is 1. The van der Waals surface area contributed by atoms with E-state index in [4.69, 9.17) is 5.26 Å². The largest absolute Gasteiger partial charge is 0.480 e. The number of amides is 1. The number of benzene rings is 2. The van der Waals surface area contributed by atoms with Crippen LogP contribution in [0.2, 0.25) is 0 Å². The minimum absolute atomic E-state index is 0.218. The Morgan fingerprint density at radius 2 is 1.71 bits per heavy atom. The first-order chi connectivity index (χ1) is 11.4. The van der Waals surface area contributed by atoms with E-state index < -0.39 is 17.9 Å². The van der Waals surface area contributed by atoms with Crippen molar-refractivity contribution in [3.63, 3.8) is 0 Å². The van der Waals surface area contributed by atoms with Crippen LogP contribution in [0.15, 0.2) is 42.5 Å². The molecule has 0 saturated carbocycles. The number of nitrogens with one attached hydrogen (secondary N) is 1. The van der Waals surface area contributed by atoms with Crippen LogP contribution < -0.4 is 5.32 Å². The summed E-state index contributed by atoms with van der Waals surface area (Å²) in [4.78, 5) is 23.8. The summed E-state index contributed by atoms with van der Waals surface area (Å²) in [7, 11) is 0. The Kier molecular flexibility index (Phi) is 5.33. The molecule has 2 N–H and O–H groups in total. The Bertz CT molecular complexity index is 784. The molecule has 0 bridgehead atoms. The van der Waals surface area contributed by atoms with Gasteiger partial charge in [0.15, 0.2) is 0 Å². The molecule has 5 nitrogen and oxygen atoms in total. The predicted molar refractivity (Wildman–Crippen MR) is 89.7 cm³/mol. The molecule has 1 amide bonds. The second-order valence-electron chi connectivity index (χ2n) is 5.63. The van der Waals surface area contributed by atoms with E-state index >= 15 is 0 Å².